The van der Waals surface area contributed by atoms with E-state index in [1.165, 1.54) is 30.5 Å². The van der Waals surface area contributed by atoms with Crippen LogP contribution in [0.2, 0.25) is 0 Å². The van der Waals surface area contributed by atoms with Crippen LogP contribution >= 0.6 is 0 Å². The molecule has 0 N–H and O–H groups in total. The molecule has 5 heteroatoms. The molecule has 1 saturated heterocycles. The Morgan fingerprint density at radius 3 is 2.83 bits per heavy atom. The third-order valence-corrected chi connectivity index (χ3v) is 5.08. The minimum absolute atomic E-state index is 0.430. The van der Waals surface area contributed by atoms with Crippen molar-refractivity contribution in [1.82, 2.24) is 14.9 Å². The fraction of sp³-hybridized carbons (Fsp3) is 0.778. The summed E-state index contributed by atoms with van der Waals surface area (Å²) in [5.41, 5.74) is 2.60. The predicted octanol–water partition coefficient (Wildman–Crippen LogP) is 2.21. The maximum Gasteiger partial charge on any atom is 0.135 e. The van der Waals surface area contributed by atoms with E-state index < -0.39 is 0 Å². The van der Waals surface area contributed by atoms with Crippen LogP contribution < -0.4 is 4.90 Å². The highest BCUT2D eigenvalue weighted by Crippen LogP contribution is 2.25. The third-order valence-electron chi connectivity index (χ3n) is 5.08. The van der Waals surface area contributed by atoms with E-state index in [9.17, 15) is 0 Å². The molecule has 3 rings (SSSR count). The molecule has 0 aromatic carbocycles. The average Bonchev–Trinajstić information content (AvgIpc) is 2.75. The number of ether oxygens (including phenoxy) is 1. The van der Waals surface area contributed by atoms with Crippen LogP contribution in [0, 0.1) is 6.92 Å². The number of anilines is 1. The Bertz CT molecular complexity index is 528. The van der Waals surface area contributed by atoms with Gasteiger partial charge in [-0.3, -0.25) is 0 Å². The normalized spacial score (nSPS) is 22.5. The van der Waals surface area contributed by atoms with Crippen molar-refractivity contribution in [2.45, 2.75) is 51.6 Å². The van der Waals surface area contributed by atoms with Crippen molar-refractivity contribution in [3.05, 3.63) is 17.1 Å². The molecular weight excluding hydrogens is 288 g/mol. The Hall–Kier alpha value is -1.20. The monoisotopic (exact) mass is 318 g/mol. The molecule has 2 aliphatic heterocycles. The number of fused-ring (bicyclic) bond motifs is 1. The summed E-state index contributed by atoms with van der Waals surface area (Å²) in [5, 5.41) is 0. The first-order chi connectivity index (χ1) is 11.1. The van der Waals surface area contributed by atoms with Gasteiger partial charge in [0.2, 0.25) is 0 Å². The average molecular weight is 318 g/mol. The zero-order chi connectivity index (χ0) is 16.2. The molecule has 1 aromatic rings. The maximum absolute atomic E-state index is 5.87. The van der Waals surface area contributed by atoms with Gasteiger partial charge in [-0.2, -0.15) is 0 Å². The second kappa shape index (κ2) is 7.58. The summed E-state index contributed by atoms with van der Waals surface area (Å²) in [6.45, 7) is 6.12. The number of aromatic nitrogens is 2. The predicted molar refractivity (Wildman–Crippen MR) is 93.2 cm³/mol. The topological polar surface area (TPSA) is 41.5 Å². The quantitative estimate of drug-likeness (QED) is 0.851. The molecule has 3 heterocycles. The van der Waals surface area contributed by atoms with Crippen molar-refractivity contribution >= 4 is 5.82 Å². The largest absolute Gasteiger partial charge is 0.378 e. The molecule has 0 spiro atoms. The Labute approximate surface area is 140 Å². The van der Waals surface area contributed by atoms with Gasteiger partial charge in [-0.25, -0.2) is 9.97 Å². The molecule has 5 nitrogen and oxygen atoms in total. The zero-order valence-electron chi connectivity index (χ0n) is 14.8. The maximum atomic E-state index is 5.87. The van der Waals surface area contributed by atoms with Crippen LogP contribution in [0.5, 0.6) is 0 Å². The summed E-state index contributed by atoms with van der Waals surface area (Å²) in [5.74, 6) is 2.03. The van der Waals surface area contributed by atoms with Crippen LogP contribution in [-0.4, -0.2) is 61.3 Å². The van der Waals surface area contributed by atoms with Crippen molar-refractivity contribution < 1.29 is 4.74 Å². The van der Waals surface area contributed by atoms with Crippen LogP contribution in [0.3, 0.4) is 0 Å². The van der Waals surface area contributed by atoms with Gasteiger partial charge >= 0.3 is 0 Å². The summed E-state index contributed by atoms with van der Waals surface area (Å²) >= 11 is 0. The number of hydrogen-bond donors (Lipinski definition) is 0. The Kier molecular flexibility index (Phi) is 5.49. The van der Waals surface area contributed by atoms with Crippen LogP contribution in [0.25, 0.3) is 0 Å². The Morgan fingerprint density at radius 2 is 2.04 bits per heavy atom. The number of likely N-dealkylation sites (N-methyl/N-ethyl adjacent to an activating group) is 1. The minimum atomic E-state index is 0.430. The van der Waals surface area contributed by atoms with Gasteiger partial charge in [0.1, 0.15) is 11.6 Å². The van der Waals surface area contributed by atoms with Crippen LogP contribution in [-0.2, 0) is 17.6 Å². The van der Waals surface area contributed by atoms with Crippen molar-refractivity contribution in [3.63, 3.8) is 0 Å². The van der Waals surface area contributed by atoms with E-state index in [1.54, 1.807) is 0 Å². The summed E-state index contributed by atoms with van der Waals surface area (Å²) in [4.78, 5) is 14.2. The molecule has 1 aromatic heterocycles. The lowest BCUT2D eigenvalue weighted by Gasteiger charge is -2.27. The molecule has 0 amide bonds. The zero-order valence-corrected chi connectivity index (χ0v) is 14.8. The van der Waals surface area contributed by atoms with Gasteiger partial charge in [0.05, 0.1) is 11.8 Å². The molecule has 1 fully saturated rings. The molecular formula is C18H30N4O. The number of nitrogens with zero attached hydrogens (tertiary/aromatic N) is 4. The molecule has 0 unspecified atom stereocenters. The Balaban J connectivity index is 1.71. The standard InChI is InChI=1S/C18H30N4O/c1-14-19-17-9-11-21(2)10-8-16(17)18(20-14)22(3)12-7-15-6-4-5-13-23-15/h15H,4-13H2,1-3H3/t15-/m1/s1. The number of aryl methyl sites for hydroxylation is 1. The highest BCUT2D eigenvalue weighted by molar-refractivity contribution is 5.49. The number of rotatable bonds is 4. The van der Waals surface area contributed by atoms with E-state index in [4.69, 9.17) is 14.7 Å². The van der Waals surface area contributed by atoms with Gasteiger partial charge in [-0.05, 0) is 46.1 Å². The lowest BCUT2D eigenvalue weighted by Crippen LogP contribution is -2.28. The van der Waals surface area contributed by atoms with Crippen molar-refractivity contribution in [3.8, 4) is 0 Å². The minimum Gasteiger partial charge on any atom is -0.378 e. The lowest BCUT2D eigenvalue weighted by atomic mass is 10.1. The molecule has 0 radical (unpaired) electrons. The first-order valence-corrected chi connectivity index (χ1v) is 9.01. The van der Waals surface area contributed by atoms with E-state index >= 15 is 0 Å². The van der Waals surface area contributed by atoms with Crippen LogP contribution in [0.4, 0.5) is 5.82 Å². The van der Waals surface area contributed by atoms with E-state index in [1.807, 2.05) is 6.92 Å². The molecule has 1 atom stereocenters. The first kappa shape index (κ1) is 16.7. The van der Waals surface area contributed by atoms with E-state index in [0.717, 1.165) is 57.1 Å². The SMILES string of the molecule is Cc1nc2c(c(N(C)CC[C@H]3CCCCO3)n1)CCN(C)CC2. The fourth-order valence-corrected chi connectivity index (χ4v) is 3.61. The second-order valence-electron chi connectivity index (χ2n) is 7.02. The molecule has 0 aliphatic carbocycles. The van der Waals surface area contributed by atoms with E-state index in [-0.39, 0.29) is 0 Å². The van der Waals surface area contributed by atoms with Crippen LogP contribution in [0.1, 0.15) is 42.8 Å². The van der Waals surface area contributed by atoms with Crippen LogP contribution in [0.15, 0.2) is 0 Å². The van der Waals surface area contributed by atoms with Gasteiger partial charge in [0.15, 0.2) is 0 Å². The third kappa shape index (κ3) is 4.21. The summed E-state index contributed by atoms with van der Waals surface area (Å²) in [7, 11) is 4.36. The highest BCUT2D eigenvalue weighted by Gasteiger charge is 2.21. The van der Waals surface area contributed by atoms with Gasteiger partial charge in [0.25, 0.3) is 0 Å². The van der Waals surface area contributed by atoms with E-state index in [0.29, 0.717) is 6.10 Å². The smallest absolute Gasteiger partial charge is 0.135 e. The molecule has 128 valence electrons. The Morgan fingerprint density at radius 1 is 1.22 bits per heavy atom. The van der Waals surface area contributed by atoms with Crippen molar-refractivity contribution in [1.29, 1.82) is 0 Å². The lowest BCUT2D eigenvalue weighted by molar-refractivity contribution is 0.0126. The molecule has 0 saturated carbocycles. The summed E-state index contributed by atoms with van der Waals surface area (Å²) in [6.07, 6.45) is 7.33. The highest BCUT2D eigenvalue weighted by atomic mass is 16.5. The van der Waals surface area contributed by atoms with Gasteiger partial charge in [-0.1, -0.05) is 0 Å². The van der Waals surface area contributed by atoms with Gasteiger partial charge < -0.3 is 14.5 Å². The number of hydrogen-bond acceptors (Lipinski definition) is 5. The summed E-state index contributed by atoms with van der Waals surface area (Å²) in [6, 6.07) is 0. The van der Waals surface area contributed by atoms with Crippen molar-refractivity contribution in [2.24, 2.45) is 0 Å². The molecule has 2 aliphatic rings. The second-order valence-corrected chi connectivity index (χ2v) is 7.02. The molecule has 23 heavy (non-hydrogen) atoms. The van der Waals surface area contributed by atoms with Gasteiger partial charge in [0, 0.05) is 45.3 Å². The summed E-state index contributed by atoms with van der Waals surface area (Å²) < 4.78 is 5.87. The first-order valence-electron chi connectivity index (χ1n) is 9.01. The molecule has 0 bridgehead atoms. The fourth-order valence-electron chi connectivity index (χ4n) is 3.61. The van der Waals surface area contributed by atoms with E-state index in [2.05, 4.69) is 23.9 Å². The van der Waals surface area contributed by atoms with Crippen molar-refractivity contribution in [2.75, 3.05) is 45.2 Å². The van der Waals surface area contributed by atoms with Gasteiger partial charge in [-0.15, -0.1) is 0 Å².